The highest BCUT2D eigenvalue weighted by Crippen LogP contribution is 2.36. The van der Waals surface area contributed by atoms with Crippen LogP contribution in [-0.2, 0) is 0 Å². The number of aromatic nitrogens is 1. The Kier molecular flexibility index (Phi) is 2.02. The van der Waals surface area contributed by atoms with Crippen molar-refractivity contribution in [1.29, 1.82) is 0 Å². The van der Waals surface area contributed by atoms with Crippen LogP contribution in [0.2, 0.25) is 0 Å². The van der Waals surface area contributed by atoms with Gasteiger partial charge in [0.25, 0.3) is 0 Å². The standard InChI is InChI=1S/C12H16N2/c1-2-12-8-10(7-11(1)14-12)9-3-5-13-6-4-9/h3-6,10-12,14H,1-2,7-8H2/t10?,11-,12+. The Morgan fingerprint density at radius 2 is 1.71 bits per heavy atom. The molecular weight excluding hydrogens is 172 g/mol. The third-order valence-corrected chi connectivity index (χ3v) is 3.65. The summed E-state index contributed by atoms with van der Waals surface area (Å²) in [6.45, 7) is 0. The van der Waals surface area contributed by atoms with E-state index in [2.05, 4.69) is 22.4 Å². The van der Waals surface area contributed by atoms with Gasteiger partial charge in [-0.3, -0.25) is 4.98 Å². The lowest BCUT2D eigenvalue weighted by atomic mass is 9.87. The second kappa shape index (κ2) is 3.35. The predicted octanol–water partition coefficient (Wildman–Crippen LogP) is 2.08. The van der Waals surface area contributed by atoms with Crippen LogP contribution in [0.3, 0.4) is 0 Å². The molecule has 3 atom stereocenters. The number of fused-ring (bicyclic) bond motifs is 2. The summed E-state index contributed by atoms with van der Waals surface area (Å²) in [5.74, 6) is 0.775. The molecule has 1 N–H and O–H groups in total. The Balaban J connectivity index is 1.81. The molecule has 1 aromatic rings. The predicted molar refractivity (Wildman–Crippen MR) is 56.2 cm³/mol. The van der Waals surface area contributed by atoms with Gasteiger partial charge in [-0.15, -0.1) is 0 Å². The first-order valence-corrected chi connectivity index (χ1v) is 5.58. The molecule has 2 heteroatoms. The Morgan fingerprint density at radius 1 is 1.07 bits per heavy atom. The van der Waals surface area contributed by atoms with Crippen molar-refractivity contribution < 1.29 is 0 Å². The van der Waals surface area contributed by atoms with Crippen molar-refractivity contribution >= 4 is 0 Å². The summed E-state index contributed by atoms with van der Waals surface area (Å²) in [6, 6.07) is 5.92. The molecule has 0 aliphatic carbocycles. The highest BCUT2D eigenvalue weighted by Gasteiger charge is 2.33. The molecule has 0 radical (unpaired) electrons. The highest BCUT2D eigenvalue weighted by atomic mass is 15.0. The van der Waals surface area contributed by atoms with E-state index in [1.165, 1.54) is 31.2 Å². The SMILES string of the molecule is c1cc(C2C[C@H]3CC[C@@H](C2)N3)ccn1. The van der Waals surface area contributed by atoms with Gasteiger partial charge in [0.2, 0.25) is 0 Å². The smallest absolute Gasteiger partial charge is 0.0270 e. The first-order valence-electron chi connectivity index (χ1n) is 5.58. The van der Waals surface area contributed by atoms with Gasteiger partial charge in [-0.1, -0.05) is 0 Å². The van der Waals surface area contributed by atoms with E-state index in [9.17, 15) is 0 Å². The number of pyridine rings is 1. The second-order valence-corrected chi connectivity index (χ2v) is 4.59. The molecule has 2 aliphatic rings. The molecule has 0 spiro atoms. The molecule has 2 bridgehead atoms. The molecule has 14 heavy (non-hydrogen) atoms. The van der Waals surface area contributed by atoms with E-state index in [0.717, 1.165) is 18.0 Å². The average molecular weight is 188 g/mol. The van der Waals surface area contributed by atoms with Crippen LogP contribution < -0.4 is 5.32 Å². The van der Waals surface area contributed by atoms with Crippen LogP contribution in [0, 0.1) is 0 Å². The van der Waals surface area contributed by atoms with E-state index in [1.54, 1.807) is 0 Å². The van der Waals surface area contributed by atoms with Crippen LogP contribution in [0.1, 0.15) is 37.2 Å². The van der Waals surface area contributed by atoms with Crippen molar-refractivity contribution in [3.05, 3.63) is 30.1 Å². The van der Waals surface area contributed by atoms with Crippen LogP contribution in [0.5, 0.6) is 0 Å². The Hall–Kier alpha value is -0.890. The summed E-state index contributed by atoms with van der Waals surface area (Å²) in [7, 11) is 0. The van der Waals surface area contributed by atoms with Crippen LogP contribution in [-0.4, -0.2) is 17.1 Å². The number of piperidine rings is 1. The van der Waals surface area contributed by atoms with E-state index < -0.39 is 0 Å². The molecular formula is C12H16N2. The maximum Gasteiger partial charge on any atom is 0.0270 e. The molecule has 74 valence electrons. The van der Waals surface area contributed by atoms with Crippen LogP contribution in [0.25, 0.3) is 0 Å². The molecule has 0 saturated carbocycles. The molecule has 1 unspecified atom stereocenters. The fourth-order valence-corrected chi connectivity index (χ4v) is 2.97. The lowest BCUT2D eigenvalue weighted by Gasteiger charge is -2.29. The van der Waals surface area contributed by atoms with Gasteiger partial charge >= 0.3 is 0 Å². The van der Waals surface area contributed by atoms with E-state index in [-0.39, 0.29) is 0 Å². The molecule has 0 aromatic carbocycles. The van der Waals surface area contributed by atoms with E-state index >= 15 is 0 Å². The zero-order valence-corrected chi connectivity index (χ0v) is 8.32. The lowest BCUT2D eigenvalue weighted by molar-refractivity contribution is 0.363. The molecule has 2 aliphatic heterocycles. The highest BCUT2D eigenvalue weighted by molar-refractivity contribution is 5.18. The van der Waals surface area contributed by atoms with Crippen LogP contribution in [0.4, 0.5) is 0 Å². The lowest BCUT2D eigenvalue weighted by Crippen LogP contribution is -2.37. The summed E-state index contributed by atoms with van der Waals surface area (Å²) in [5, 5.41) is 3.67. The van der Waals surface area contributed by atoms with Crippen molar-refractivity contribution in [1.82, 2.24) is 10.3 Å². The van der Waals surface area contributed by atoms with Gasteiger partial charge in [0.1, 0.15) is 0 Å². The maximum absolute atomic E-state index is 4.08. The maximum atomic E-state index is 4.08. The topological polar surface area (TPSA) is 24.9 Å². The zero-order valence-electron chi connectivity index (χ0n) is 8.32. The minimum atomic E-state index is 0.775. The van der Waals surface area contributed by atoms with Gasteiger partial charge in [0.15, 0.2) is 0 Å². The number of nitrogens with one attached hydrogen (secondary N) is 1. The minimum absolute atomic E-state index is 0.775. The number of hydrogen-bond acceptors (Lipinski definition) is 2. The van der Waals surface area contributed by atoms with Gasteiger partial charge in [-0.25, -0.2) is 0 Å². The van der Waals surface area contributed by atoms with Gasteiger partial charge in [-0.2, -0.15) is 0 Å². The molecule has 2 nitrogen and oxygen atoms in total. The molecule has 2 saturated heterocycles. The molecule has 0 amide bonds. The summed E-state index contributed by atoms with van der Waals surface area (Å²) < 4.78 is 0. The van der Waals surface area contributed by atoms with Crippen molar-refractivity contribution in [2.24, 2.45) is 0 Å². The fraction of sp³-hybridized carbons (Fsp3) is 0.583. The number of nitrogens with zero attached hydrogens (tertiary/aromatic N) is 1. The second-order valence-electron chi connectivity index (χ2n) is 4.59. The van der Waals surface area contributed by atoms with Crippen molar-refractivity contribution in [2.75, 3.05) is 0 Å². The van der Waals surface area contributed by atoms with E-state index in [1.807, 2.05) is 12.4 Å². The van der Waals surface area contributed by atoms with E-state index in [4.69, 9.17) is 0 Å². The summed E-state index contributed by atoms with van der Waals surface area (Å²) >= 11 is 0. The van der Waals surface area contributed by atoms with Crippen LogP contribution in [0.15, 0.2) is 24.5 Å². The summed E-state index contributed by atoms with van der Waals surface area (Å²) in [5.41, 5.74) is 1.48. The molecule has 2 fully saturated rings. The Bertz CT molecular complexity index is 297. The normalized spacial score (nSPS) is 35.9. The Labute approximate surface area is 84.7 Å². The van der Waals surface area contributed by atoms with Crippen LogP contribution >= 0.6 is 0 Å². The third-order valence-electron chi connectivity index (χ3n) is 3.65. The van der Waals surface area contributed by atoms with Gasteiger partial charge in [0, 0.05) is 24.5 Å². The van der Waals surface area contributed by atoms with Gasteiger partial charge in [0.05, 0.1) is 0 Å². The first-order chi connectivity index (χ1) is 6.92. The Morgan fingerprint density at radius 3 is 2.36 bits per heavy atom. The summed E-state index contributed by atoms with van der Waals surface area (Å²) in [6.07, 6.45) is 9.23. The quantitative estimate of drug-likeness (QED) is 0.730. The van der Waals surface area contributed by atoms with Gasteiger partial charge < -0.3 is 5.32 Å². The van der Waals surface area contributed by atoms with Crippen molar-refractivity contribution in [3.63, 3.8) is 0 Å². The van der Waals surface area contributed by atoms with Crippen molar-refractivity contribution in [2.45, 2.75) is 43.7 Å². The zero-order chi connectivity index (χ0) is 9.38. The third kappa shape index (κ3) is 1.44. The number of rotatable bonds is 1. The summed E-state index contributed by atoms with van der Waals surface area (Å²) in [4.78, 5) is 4.08. The minimum Gasteiger partial charge on any atom is -0.311 e. The first kappa shape index (κ1) is 8.42. The molecule has 3 rings (SSSR count). The van der Waals surface area contributed by atoms with Crippen molar-refractivity contribution in [3.8, 4) is 0 Å². The molecule has 1 aromatic heterocycles. The monoisotopic (exact) mass is 188 g/mol. The van der Waals surface area contributed by atoms with Gasteiger partial charge in [-0.05, 0) is 49.3 Å². The average Bonchev–Trinajstić information content (AvgIpc) is 2.59. The fourth-order valence-electron chi connectivity index (χ4n) is 2.97. The molecule has 3 heterocycles. The largest absolute Gasteiger partial charge is 0.311 e. The number of hydrogen-bond donors (Lipinski definition) is 1. The van der Waals surface area contributed by atoms with E-state index in [0.29, 0.717) is 0 Å².